The number of halogens is 1. The minimum Gasteiger partial charge on any atom is -0.467 e. The van der Waals surface area contributed by atoms with Gasteiger partial charge in [-0.1, -0.05) is 19.8 Å². The molecule has 2 atom stereocenters. The van der Waals surface area contributed by atoms with Crippen molar-refractivity contribution < 1.29 is 9.47 Å². The predicted octanol–water partition coefficient (Wildman–Crippen LogP) is 2.88. The summed E-state index contributed by atoms with van der Waals surface area (Å²) in [6.45, 7) is 2.22. The highest BCUT2D eigenvalue weighted by molar-refractivity contribution is 6.28. The number of aromatic nitrogens is 3. The Morgan fingerprint density at radius 3 is 2.72 bits per heavy atom. The van der Waals surface area contributed by atoms with Crippen LogP contribution >= 0.6 is 11.6 Å². The SMILES string of the molecule is CCC1CCCC(Oc2nc(Cl)nc(OC)n2)C1. The maximum absolute atomic E-state index is 5.78. The highest BCUT2D eigenvalue weighted by atomic mass is 35.5. The molecular formula is C12H18ClN3O2. The minimum absolute atomic E-state index is 0.0969. The fourth-order valence-electron chi connectivity index (χ4n) is 2.33. The molecule has 2 rings (SSSR count). The van der Waals surface area contributed by atoms with Crippen LogP contribution in [0.4, 0.5) is 0 Å². The zero-order valence-electron chi connectivity index (χ0n) is 10.7. The van der Waals surface area contributed by atoms with Crippen LogP contribution in [0.5, 0.6) is 12.0 Å². The second-order valence-electron chi connectivity index (χ2n) is 4.55. The second kappa shape index (κ2) is 6.18. The Morgan fingerprint density at radius 2 is 2.00 bits per heavy atom. The van der Waals surface area contributed by atoms with Crippen LogP contribution in [-0.4, -0.2) is 28.2 Å². The number of nitrogens with zero attached hydrogens (tertiary/aromatic N) is 3. The molecule has 0 aromatic carbocycles. The Kier molecular flexibility index (Phi) is 4.58. The molecule has 1 aliphatic rings. The summed E-state index contributed by atoms with van der Waals surface area (Å²) >= 11 is 5.78. The van der Waals surface area contributed by atoms with E-state index in [2.05, 4.69) is 21.9 Å². The average Bonchev–Trinajstić information content (AvgIpc) is 2.38. The van der Waals surface area contributed by atoms with E-state index >= 15 is 0 Å². The third kappa shape index (κ3) is 3.45. The number of ether oxygens (including phenoxy) is 2. The van der Waals surface area contributed by atoms with Crippen LogP contribution in [0.2, 0.25) is 5.28 Å². The molecule has 0 bridgehead atoms. The molecule has 18 heavy (non-hydrogen) atoms. The number of rotatable bonds is 4. The molecule has 1 fully saturated rings. The van der Waals surface area contributed by atoms with E-state index in [1.54, 1.807) is 0 Å². The summed E-state index contributed by atoms with van der Waals surface area (Å²) in [4.78, 5) is 11.8. The van der Waals surface area contributed by atoms with Crippen LogP contribution in [0.3, 0.4) is 0 Å². The van der Waals surface area contributed by atoms with E-state index in [9.17, 15) is 0 Å². The Morgan fingerprint density at radius 1 is 1.22 bits per heavy atom. The summed E-state index contributed by atoms with van der Waals surface area (Å²) in [6.07, 6.45) is 5.95. The molecule has 1 aliphatic carbocycles. The molecule has 1 saturated carbocycles. The van der Waals surface area contributed by atoms with Crippen molar-refractivity contribution >= 4 is 11.6 Å². The third-order valence-electron chi connectivity index (χ3n) is 3.33. The highest BCUT2D eigenvalue weighted by Gasteiger charge is 2.23. The molecule has 0 amide bonds. The van der Waals surface area contributed by atoms with Crippen molar-refractivity contribution in [2.45, 2.75) is 45.1 Å². The van der Waals surface area contributed by atoms with Gasteiger partial charge in [0.15, 0.2) is 0 Å². The van der Waals surface area contributed by atoms with Gasteiger partial charge in [0, 0.05) is 0 Å². The highest BCUT2D eigenvalue weighted by Crippen LogP contribution is 2.29. The van der Waals surface area contributed by atoms with E-state index in [0.29, 0.717) is 0 Å². The van der Waals surface area contributed by atoms with E-state index in [4.69, 9.17) is 21.1 Å². The zero-order chi connectivity index (χ0) is 13.0. The van der Waals surface area contributed by atoms with Crippen LogP contribution in [0.25, 0.3) is 0 Å². The topological polar surface area (TPSA) is 57.1 Å². The molecule has 0 saturated heterocycles. The summed E-state index contributed by atoms with van der Waals surface area (Å²) in [5.74, 6) is 0.739. The van der Waals surface area contributed by atoms with Gasteiger partial charge in [-0.05, 0) is 36.8 Å². The van der Waals surface area contributed by atoms with E-state index in [0.717, 1.165) is 18.8 Å². The molecule has 0 aliphatic heterocycles. The maximum atomic E-state index is 5.78. The Bertz CT molecular complexity index is 403. The first-order valence-electron chi connectivity index (χ1n) is 6.33. The second-order valence-corrected chi connectivity index (χ2v) is 4.89. The molecule has 6 heteroatoms. The smallest absolute Gasteiger partial charge is 0.324 e. The number of hydrogen-bond donors (Lipinski definition) is 0. The zero-order valence-corrected chi connectivity index (χ0v) is 11.5. The minimum atomic E-state index is 0.0969. The lowest BCUT2D eigenvalue weighted by Crippen LogP contribution is -2.26. The van der Waals surface area contributed by atoms with Gasteiger partial charge in [-0.2, -0.15) is 9.97 Å². The number of hydrogen-bond acceptors (Lipinski definition) is 5. The lowest BCUT2D eigenvalue weighted by molar-refractivity contribution is 0.110. The van der Waals surface area contributed by atoms with Crippen molar-refractivity contribution in [1.29, 1.82) is 0 Å². The van der Waals surface area contributed by atoms with Gasteiger partial charge in [0.25, 0.3) is 0 Å². The quantitative estimate of drug-likeness (QED) is 0.843. The van der Waals surface area contributed by atoms with E-state index in [-0.39, 0.29) is 23.4 Å². The van der Waals surface area contributed by atoms with Crippen LogP contribution in [0.1, 0.15) is 39.0 Å². The first-order valence-corrected chi connectivity index (χ1v) is 6.71. The van der Waals surface area contributed by atoms with Crippen molar-refractivity contribution in [2.75, 3.05) is 7.11 Å². The van der Waals surface area contributed by atoms with Crippen molar-refractivity contribution in [3.63, 3.8) is 0 Å². The lowest BCUT2D eigenvalue weighted by atomic mass is 9.86. The predicted molar refractivity (Wildman–Crippen MR) is 68.1 cm³/mol. The summed E-state index contributed by atoms with van der Waals surface area (Å²) in [7, 11) is 1.49. The standard InChI is InChI=1S/C12H18ClN3O2/c1-3-8-5-4-6-9(7-8)18-12-15-10(13)14-11(16-12)17-2/h8-9H,3-7H2,1-2H3. The van der Waals surface area contributed by atoms with Crippen molar-refractivity contribution in [3.05, 3.63) is 5.28 Å². The molecule has 0 spiro atoms. The molecule has 0 radical (unpaired) electrons. The maximum Gasteiger partial charge on any atom is 0.324 e. The normalized spacial score (nSPS) is 23.7. The Labute approximate surface area is 112 Å². The van der Waals surface area contributed by atoms with Crippen LogP contribution in [0, 0.1) is 5.92 Å². The van der Waals surface area contributed by atoms with Gasteiger partial charge in [0.05, 0.1) is 7.11 Å². The fourth-order valence-corrected chi connectivity index (χ4v) is 2.47. The van der Waals surface area contributed by atoms with Gasteiger partial charge in [-0.25, -0.2) is 0 Å². The molecule has 1 aromatic rings. The summed E-state index contributed by atoms with van der Waals surface area (Å²) in [6, 6.07) is 0.446. The van der Waals surface area contributed by atoms with Crippen molar-refractivity contribution in [1.82, 2.24) is 15.0 Å². The first kappa shape index (κ1) is 13.3. The van der Waals surface area contributed by atoms with Gasteiger partial charge in [0.2, 0.25) is 5.28 Å². The Balaban J connectivity index is 2.02. The summed E-state index contributed by atoms with van der Waals surface area (Å²) < 4.78 is 10.7. The molecule has 1 heterocycles. The molecule has 2 unspecified atom stereocenters. The van der Waals surface area contributed by atoms with Gasteiger partial charge in [0.1, 0.15) is 6.10 Å². The molecule has 5 nitrogen and oxygen atoms in total. The van der Waals surface area contributed by atoms with E-state index in [1.807, 2.05) is 0 Å². The first-order chi connectivity index (χ1) is 8.71. The van der Waals surface area contributed by atoms with Gasteiger partial charge >= 0.3 is 12.0 Å². The lowest BCUT2D eigenvalue weighted by Gasteiger charge is -2.28. The van der Waals surface area contributed by atoms with E-state index in [1.165, 1.54) is 26.4 Å². The molecule has 0 N–H and O–H groups in total. The Hall–Kier alpha value is -1.10. The molecule has 100 valence electrons. The van der Waals surface area contributed by atoms with Gasteiger partial charge < -0.3 is 9.47 Å². The average molecular weight is 272 g/mol. The fraction of sp³-hybridized carbons (Fsp3) is 0.750. The number of methoxy groups -OCH3 is 1. The van der Waals surface area contributed by atoms with Crippen LogP contribution < -0.4 is 9.47 Å². The van der Waals surface area contributed by atoms with E-state index < -0.39 is 0 Å². The van der Waals surface area contributed by atoms with Crippen molar-refractivity contribution in [2.24, 2.45) is 5.92 Å². The monoisotopic (exact) mass is 271 g/mol. The van der Waals surface area contributed by atoms with Crippen LogP contribution in [0.15, 0.2) is 0 Å². The third-order valence-corrected chi connectivity index (χ3v) is 3.50. The molecular weight excluding hydrogens is 254 g/mol. The van der Waals surface area contributed by atoms with Gasteiger partial charge in [-0.15, -0.1) is 4.98 Å². The largest absolute Gasteiger partial charge is 0.467 e. The van der Waals surface area contributed by atoms with Crippen molar-refractivity contribution in [3.8, 4) is 12.0 Å². The summed E-state index contributed by atoms with van der Waals surface area (Å²) in [5.41, 5.74) is 0. The van der Waals surface area contributed by atoms with Crippen LogP contribution in [-0.2, 0) is 0 Å². The van der Waals surface area contributed by atoms with Gasteiger partial charge in [-0.3, -0.25) is 0 Å². The molecule has 1 aromatic heterocycles. The summed E-state index contributed by atoms with van der Waals surface area (Å²) in [5, 5.41) is 0.0969.